The number of nitrogens with zero attached hydrogens (tertiary/aromatic N) is 1. The van der Waals surface area contributed by atoms with Gasteiger partial charge in [0.1, 0.15) is 0 Å². The number of amides is 1. The van der Waals surface area contributed by atoms with Crippen molar-refractivity contribution in [3.63, 3.8) is 0 Å². The lowest BCUT2D eigenvalue weighted by molar-refractivity contribution is -0.131. The molecule has 0 spiro atoms. The van der Waals surface area contributed by atoms with Crippen molar-refractivity contribution in [1.82, 2.24) is 4.90 Å². The molecule has 1 aliphatic carbocycles. The van der Waals surface area contributed by atoms with Gasteiger partial charge in [0.25, 0.3) is 0 Å². The topological polar surface area (TPSA) is 57.6 Å². The molecule has 1 N–H and O–H groups in total. The predicted octanol–water partition coefficient (Wildman–Crippen LogP) is 5.59. The first kappa shape index (κ1) is 25.2. The van der Waals surface area contributed by atoms with Crippen molar-refractivity contribution >= 4 is 23.5 Å². The summed E-state index contributed by atoms with van der Waals surface area (Å²) in [5.74, 6) is 0.265. The van der Waals surface area contributed by atoms with E-state index in [4.69, 9.17) is 0 Å². The Morgan fingerprint density at radius 1 is 0.914 bits per heavy atom. The number of carbonyl (C=O) groups excluding carboxylic acids is 2. The van der Waals surface area contributed by atoms with Gasteiger partial charge in [-0.3, -0.25) is 9.59 Å². The normalized spacial score (nSPS) is 16.0. The third-order valence-electron chi connectivity index (χ3n) is 7.04. The molecule has 1 amide bonds. The van der Waals surface area contributed by atoms with E-state index >= 15 is 0 Å². The van der Waals surface area contributed by atoms with Gasteiger partial charge >= 0.3 is 0 Å². The van der Waals surface area contributed by atoms with Crippen LogP contribution in [0, 0.1) is 5.92 Å². The highest BCUT2D eigenvalue weighted by molar-refractivity contribution is 7.98. The highest BCUT2D eigenvalue weighted by atomic mass is 32.2. The van der Waals surface area contributed by atoms with Crippen molar-refractivity contribution in [2.45, 2.75) is 36.0 Å². The van der Waals surface area contributed by atoms with Crippen LogP contribution >= 0.6 is 11.8 Å². The van der Waals surface area contributed by atoms with Gasteiger partial charge in [0.2, 0.25) is 5.91 Å². The first-order valence-corrected chi connectivity index (χ1v) is 13.5. The number of ketones is 1. The van der Waals surface area contributed by atoms with E-state index in [2.05, 4.69) is 48.5 Å². The molecule has 35 heavy (non-hydrogen) atoms. The quantitative estimate of drug-likeness (QED) is 0.267. The predicted molar refractivity (Wildman–Crippen MR) is 142 cm³/mol. The van der Waals surface area contributed by atoms with Crippen molar-refractivity contribution < 1.29 is 14.7 Å². The van der Waals surface area contributed by atoms with Crippen LogP contribution in [-0.2, 0) is 10.2 Å². The van der Waals surface area contributed by atoms with Gasteiger partial charge < -0.3 is 10.0 Å². The number of aliphatic hydroxyl groups excluding tert-OH is 1. The van der Waals surface area contributed by atoms with Crippen LogP contribution in [0.25, 0.3) is 0 Å². The van der Waals surface area contributed by atoms with Crippen LogP contribution in [0.15, 0.2) is 89.8 Å². The van der Waals surface area contributed by atoms with E-state index in [9.17, 15) is 14.7 Å². The molecule has 5 heteroatoms. The summed E-state index contributed by atoms with van der Waals surface area (Å²) in [5, 5.41) is 9.42. The number of Topliss-reactive ketones (excluding diaryl/α,β-unsaturated/α-hetero) is 1. The average Bonchev–Trinajstić information content (AvgIpc) is 3.65. The fraction of sp³-hybridized carbons (Fsp3) is 0.333. The lowest BCUT2D eigenvalue weighted by atomic mass is 9.85. The van der Waals surface area contributed by atoms with Gasteiger partial charge in [0.05, 0.1) is 0 Å². The van der Waals surface area contributed by atoms with Gasteiger partial charge in [-0.15, -0.1) is 11.8 Å². The van der Waals surface area contributed by atoms with E-state index < -0.39 is 0 Å². The van der Waals surface area contributed by atoms with Crippen LogP contribution in [-0.4, -0.2) is 47.6 Å². The molecule has 1 fully saturated rings. The molecule has 4 rings (SSSR count). The zero-order valence-electron chi connectivity index (χ0n) is 20.2. The SMILES string of the molecule is CSc1ccc(C(=O)CCC(=O)N(CCCO)CC2CC2(c2ccccc2)c2ccccc2)cc1. The molecule has 0 radical (unpaired) electrons. The van der Waals surface area contributed by atoms with Crippen molar-refractivity contribution in [3.8, 4) is 0 Å². The van der Waals surface area contributed by atoms with Gasteiger partial charge in [-0.1, -0.05) is 72.8 Å². The summed E-state index contributed by atoms with van der Waals surface area (Å²) in [6.45, 7) is 1.17. The number of aliphatic hydroxyl groups is 1. The van der Waals surface area contributed by atoms with Gasteiger partial charge in [-0.05, 0) is 48.3 Å². The largest absolute Gasteiger partial charge is 0.396 e. The summed E-state index contributed by atoms with van der Waals surface area (Å²) in [7, 11) is 0. The summed E-state index contributed by atoms with van der Waals surface area (Å²) in [4.78, 5) is 28.9. The Balaban J connectivity index is 1.45. The maximum Gasteiger partial charge on any atom is 0.223 e. The van der Waals surface area contributed by atoms with Crippen LogP contribution in [0.5, 0.6) is 0 Å². The van der Waals surface area contributed by atoms with Gasteiger partial charge in [-0.25, -0.2) is 0 Å². The number of rotatable bonds is 12. The minimum absolute atomic E-state index is 0.0116. The van der Waals surface area contributed by atoms with Crippen molar-refractivity contribution in [2.24, 2.45) is 5.92 Å². The van der Waals surface area contributed by atoms with E-state index in [-0.39, 0.29) is 36.6 Å². The number of benzene rings is 3. The Bertz CT molecular complexity index is 1080. The van der Waals surface area contributed by atoms with Gasteiger partial charge in [-0.2, -0.15) is 0 Å². The highest BCUT2D eigenvalue weighted by Crippen LogP contribution is 2.59. The van der Waals surface area contributed by atoms with Crippen molar-refractivity contribution in [3.05, 3.63) is 102 Å². The summed E-state index contributed by atoms with van der Waals surface area (Å²) in [6.07, 6.45) is 3.89. The molecule has 4 nitrogen and oxygen atoms in total. The Kier molecular flexibility index (Phi) is 8.42. The van der Waals surface area contributed by atoms with E-state index in [0.29, 0.717) is 31.0 Å². The third kappa shape index (κ3) is 5.85. The minimum atomic E-state index is -0.102. The fourth-order valence-corrected chi connectivity index (χ4v) is 5.45. The molecule has 3 aromatic carbocycles. The Morgan fingerprint density at radius 3 is 2.06 bits per heavy atom. The third-order valence-corrected chi connectivity index (χ3v) is 7.78. The van der Waals surface area contributed by atoms with Crippen LogP contribution in [0.2, 0.25) is 0 Å². The zero-order chi connectivity index (χ0) is 24.7. The number of hydrogen-bond donors (Lipinski definition) is 1. The van der Waals surface area contributed by atoms with E-state index in [1.165, 1.54) is 11.1 Å². The molecule has 0 aromatic heterocycles. The lowest BCUT2D eigenvalue weighted by Crippen LogP contribution is -2.35. The van der Waals surface area contributed by atoms with Crippen LogP contribution in [0.3, 0.4) is 0 Å². The first-order valence-electron chi connectivity index (χ1n) is 12.3. The molecule has 182 valence electrons. The van der Waals surface area contributed by atoms with Crippen LogP contribution < -0.4 is 0 Å². The molecule has 0 bridgehead atoms. The average molecular weight is 488 g/mol. The van der Waals surface area contributed by atoms with Crippen LogP contribution in [0.1, 0.15) is 47.2 Å². The molecule has 1 atom stereocenters. The van der Waals surface area contributed by atoms with Crippen molar-refractivity contribution in [1.29, 1.82) is 0 Å². The summed E-state index contributed by atoms with van der Waals surface area (Å²) in [5.41, 5.74) is 3.09. The number of hydrogen-bond acceptors (Lipinski definition) is 4. The molecule has 1 unspecified atom stereocenters. The van der Waals surface area contributed by atoms with Crippen LogP contribution in [0.4, 0.5) is 0 Å². The standard InChI is InChI=1S/C30H33NO3S/c1-35-27-15-13-23(14-16-27)28(33)17-18-29(34)31(19-8-20-32)22-26-21-30(26,24-9-4-2-5-10-24)25-11-6-3-7-12-25/h2-7,9-16,26,32H,8,17-22H2,1H3. The molecule has 0 aliphatic heterocycles. The number of thioether (sulfide) groups is 1. The Hall–Kier alpha value is -2.89. The zero-order valence-corrected chi connectivity index (χ0v) is 21.0. The molecule has 1 aliphatic rings. The van der Waals surface area contributed by atoms with Gasteiger partial charge in [0.15, 0.2) is 5.78 Å². The minimum Gasteiger partial charge on any atom is -0.396 e. The Labute approximate surface area is 212 Å². The second-order valence-corrected chi connectivity index (χ2v) is 10.1. The molecule has 1 saturated carbocycles. The van der Waals surface area contributed by atoms with E-state index in [1.807, 2.05) is 47.6 Å². The second kappa shape index (κ2) is 11.7. The first-order chi connectivity index (χ1) is 17.1. The molecule has 0 saturated heterocycles. The summed E-state index contributed by atoms with van der Waals surface area (Å²) in [6, 6.07) is 28.6. The highest BCUT2D eigenvalue weighted by Gasteiger charge is 2.56. The second-order valence-electron chi connectivity index (χ2n) is 9.17. The molecule has 0 heterocycles. The number of carbonyl (C=O) groups is 2. The monoisotopic (exact) mass is 487 g/mol. The summed E-state index contributed by atoms with van der Waals surface area (Å²) >= 11 is 1.63. The van der Waals surface area contributed by atoms with Crippen molar-refractivity contribution in [2.75, 3.05) is 26.0 Å². The molecular formula is C30H33NO3S. The Morgan fingerprint density at radius 2 is 1.51 bits per heavy atom. The fourth-order valence-electron chi connectivity index (χ4n) is 5.04. The maximum absolute atomic E-state index is 13.2. The maximum atomic E-state index is 13.2. The molecular weight excluding hydrogens is 454 g/mol. The van der Waals surface area contributed by atoms with E-state index in [0.717, 1.165) is 11.3 Å². The lowest BCUT2D eigenvalue weighted by Gasteiger charge is -2.26. The smallest absolute Gasteiger partial charge is 0.223 e. The van der Waals surface area contributed by atoms with Gasteiger partial charge in [0, 0.05) is 48.4 Å². The molecule has 3 aromatic rings. The van der Waals surface area contributed by atoms with E-state index in [1.54, 1.807) is 11.8 Å². The summed E-state index contributed by atoms with van der Waals surface area (Å²) < 4.78 is 0.